The molecule has 0 fully saturated rings. The van der Waals surface area contributed by atoms with Crippen molar-refractivity contribution in [3.8, 4) is 5.69 Å². The lowest BCUT2D eigenvalue weighted by Crippen LogP contribution is -2.26. The van der Waals surface area contributed by atoms with Gasteiger partial charge in [-0.2, -0.15) is 0 Å². The minimum atomic E-state index is 0.0483. The van der Waals surface area contributed by atoms with Crippen LogP contribution in [0.2, 0.25) is 0 Å². The molecule has 0 spiro atoms. The SMILES string of the molecule is CSc1nnc(CCCNC(=O)Cc2ccc(-n3cccc3)cc2)n1CC(C)C. The molecule has 6 nitrogen and oxygen atoms in total. The van der Waals surface area contributed by atoms with Gasteiger partial charge in [0.05, 0.1) is 6.42 Å². The van der Waals surface area contributed by atoms with Gasteiger partial charge in [-0.1, -0.05) is 37.7 Å². The van der Waals surface area contributed by atoms with E-state index in [4.69, 9.17) is 0 Å². The monoisotopic (exact) mass is 411 g/mol. The molecular weight excluding hydrogens is 382 g/mol. The van der Waals surface area contributed by atoms with Crippen molar-refractivity contribution in [2.75, 3.05) is 12.8 Å². The molecule has 2 heterocycles. The van der Waals surface area contributed by atoms with E-state index in [9.17, 15) is 4.79 Å². The first kappa shape index (κ1) is 21.2. The molecule has 0 radical (unpaired) electrons. The summed E-state index contributed by atoms with van der Waals surface area (Å²) in [6, 6.07) is 12.1. The standard InChI is InChI=1S/C22H29N5OS/c1-17(2)16-27-20(24-25-22(27)29-3)7-6-12-23-21(28)15-18-8-10-19(11-9-18)26-13-4-5-14-26/h4-5,8-11,13-14,17H,6-7,12,15-16H2,1-3H3,(H,23,28). The van der Waals surface area contributed by atoms with Gasteiger partial charge >= 0.3 is 0 Å². The lowest BCUT2D eigenvalue weighted by atomic mass is 10.1. The number of nitrogens with one attached hydrogen (secondary N) is 1. The fraction of sp³-hybridized carbons (Fsp3) is 0.409. The molecule has 2 aromatic heterocycles. The Labute approximate surface area is 176 Å². The summed E-state index contributed by atoms with van der Waals surface area (Å²) < 4.78 is 4.24. The molecule has 3 rings (SSSR count). The van der Waals surface area contributed by atoms with Crippen LogP contribution in [0.5, 0.6) is 0 Å². The number of rotatable bonds is 10. The maximum absolute atomic E-state index is 12.2. The Bertz CT molecular complexity index is 900. The van der Waals surface area contributed by atoms with Gasteiger partial charge in [0.1, 0.15) is 5.82 Å². The number of amides is 1. The van der Waals surface area contributed by atoms with Gasteiger partial charge in [-0.05, 0) is 48.4 Å². The van der Waals surface area contributed by atoms with Crippen LogP contribution in [0.1, 0.15) is 31.7 Å². The number of thioether (sulfide) groups is 1. The molecule has 0 aliphatic heterocycles. The van der Waals surface area contributed by atoms with Crippen molar-refractivity contribution in [2.45, 2.75) is 44.8 Å². The van der Waals surface area contributed by atoms with Gasteiger partial charge in [-0.25, -0.2) is 0 Å². The second-order valence-corrected chi connectivity index (χ2v) is 8.27. The van der Waals surface area contributed by atoms with Crippen molar-refractivity contribution >= 4 is 17.7 Å². The zero-order valence-corrected chi connectivity index (χ0v) is 18.2. The molecule has 1 N–H and O–H groups in total. The van der Waals surface area contributed by atoms with Crippen molar-refractivity contribution in [1.29, 1.82) is 0 Å². The lowest BCUT2D eigenvalue weighted by Gasteiger charge is -2.12. The van der Waals surface area contributed by atoms with E-state index < -0.39 is 0 Å². The van der Waals surface area contributed by atoms with Crippen LogP contribution >= 0.6 is 11.8 Å². The van der Waals surface area contributed by atoms with Gasteiger partial charge in [0.25, 0.3) is 0 Å². The first-order valence-electron chi connectivity index (χ1n) is 10.0. The predicted octanol–water partition coefficient (Wildman–Crippen LogP) is 3.74. The maximum Gasteiger partial charge on any atom is 0.224 e. The first-order valence-corrected chi connectivity index (χ1v) is 11.2. The predicted molar refractivity (Wildman–Crippen MR) is 117 cm³/mol. The summed E-state index contributed by atoms with van der Waals surface area (Å²) in [5, 5.41) is 12.6. The van der Waals surface area contributed by atoms with Crippen molar-refractivity contribution < 1.29 is 4.79 Å². The molecule has 0 aliphatic rings. The zero-order valence-electron chi connectivity index (χ0n) is 17.3. The van der Waals surface area contributed by atoms with Crippen LogP contribution < -0.4 is 5.32 Å². The molecule has 0 saturated carbocycles. The number of hydrogen-bond donors (Lipinski definition) is 1. The fourth-order valence-corrected chi connectivity index (χ4v) is 3.74. The van der Waals surface area contributed by atoms with Gasteiger partial charge in [-0.3, -0.25) is 4.79 Å². The Kier molecular flexibility index (Phi) is 7.52. The molecule has 1 aromatic carbocycles. The minimum absolute atomic E-state index is 0.0483. The average molecular weight is 412 g/mol. The summed E-state index contributed by atoms with van der Waals surface area (Å²) in [6.45, 7) is 5.95. The number of carbonyl (C=O) groups is 1. The lowest BCUT2D eigenvalue weighted by molar-refractivity contribution is -0.120. The van der Waals surface area contributed by atoms with Crippen LogP contribution in [-0.2, 0) is 24.2 Å². The summed E-state index contributed by atoms with van der Waals surface area (Å²) in [6.07, 6.45) is 8.09. The third kappa shape index (κ3) is 5.97. The van der Waals surface area contributed by atoms with E-state index in [0.717, 1.165) is 41.6 Å². The highest BCUT2D eigenvalue weighted by molar-refractivity contribution is 7.98. The van der Waals surface area contributed by atoms with Crippen molar-refractivity contribution in [3.05, 3.63) is 60.2 Å². The smallest absolute Gasteiger partial charge is 0.224 e. The zero-order chi connectivity index (χ0) is 20.6. The summed E-state index contributed by atoms with van der Waals surface area (Å²) >= 11 is 1.62. The highest BCUT2D eigenvalue weighted by Crippen LogP contribution is 2.16. The number of nitrogens with zero attached hydrogens (tertiary/aromatic N) is 4. The molecule has 0 atom stereocenters. The van der Waals surface area contributed by atoms with Gasteiger partial charge in [0.15, 0.2) is 5.16 Å². The van der Waals surface area contributed by atoms with Gasteiger partial charge in [0, 0.05) is 37.6 Å². The third-order valence-electron chi connectivity index (χ3n) is 4.63. The number of carbonyl (C=O) groups excluding carboxylic acids is 1. The number of aromatic nitrogens is 4. The van der Waals surface area contributed by atoms with Gasteiger partial charge in [0.2, 0.25) is 5.91 Å². The molecule has 0 unspecified atom stereocenters. The molecule has 3 aromatic rings. The van der Waals surface area contributed by atoms with E-state index in [2.05, 4.69) is 33.9 Å². The minimum Gasteiger partial charge on any atom is -0.356 e. The van der Waals surface area contributed by atoms with Crippen molar-refractivity contribution in [3.63, 3.8) is 0 Å². The van der Waals surface area contributed by atoms with E-state index in [0.29, 0.717) is 18.9 Å². The molecule has 0 saturated heterocycles. The van der Waals surface area contributed by atoms with E-state index in [1.54, 1.807) is 11.8 Å². The van der Waals surface area contributed by atoms with Crippen LogP contribution in [0.3, 0.4) is 0 Å². The van der Waals surface area contributed by atoms with E-state index in [1.807, 2.05) is 59.6 Å². The van der Waals surface area contributed by atoms with Crippen molar-refractivity contribution in [2.24, 2.45) is 5.92 Å². The molecule has 0 aliphatic carbocycles. The Morgan fingerprint density at radius 2 is 1.86 bits per heavy atom. The Morgan fingerprint density at radius 1 is 1.14 bits per heavy atom. The third-order valence-corrected chi connectivity index (χ3v) is 5.29. The summed E-state index contributed by atoms with van der Waals surface area (Å²) in [4.78, 5) is 12.2. The topological polar surface area (TPSA) is 64.7 Å². The van der Waals surface area contributed by atoms with Crippen LogP contribution in [0.4, 0.5) is 0 Å². The van der Waals surface area contributed by atoms with Crippen LogP contribution in [0.15, 0.2) is 53.9 Å². The molecular formula is C22H29N5OS. The molecule has 1 amide bonds. The normalized spacial score (nSPS) is 11.2. The molecule has 7 heteroatoms. The second-order valence-electron chi connectivity index (χ2n) is 7.49. The summed E-state index contributed by atoms with van der Waals surface area (Å²) in [7, 11) is 0. The largest absolute Gasteiger partial charge is 0.356 e. The molecule has 0 bridgehead atoms. The number of hydrogen-bond acceptors (Lipinski definition) is 4. The number of aryl methyl sites for hydroxylation is 1. The van der Waals surface area contributed by atoms with E-state index >= 15 is 0 Å². The Balaban J connectivity index is 1.44. The van der Waals surface area contributed by atoms with Crippen molar-refractivity contribution in [1.82, 2.24) is 24.6 Å². The van der Waals surface area contributed by atoms with Gasteiger partial charge < -0.3 is 14.5 Å². The van der Waals surface area contributed by atoms with Crippen LogP contribution in [0, 0.1) is 5.92 Å². The van der Waals surface area contributed by atoms with Crippen LogP contribution in [0.25, 0.3) is 5.69 Å². The highest BCUT2D eigenvalue weighted by atomic mass is 32.2. The first-order chi connectivity index (χ1) is 14.1. The highest BCUT2D eigenvalue weighted by Gasteiger charge is 2.12. The maximum atomic E-state index is 12.2. The molecule has 29 heavy (non-hydrogen) atoms. The summed E-state index contributed by atoms with van der Waals surface area (Å²) in [5.74, 6) is 1.59. The number of benzene rings is 1. The van der Waals surface area contributed by atoms with Crippen LogP contribution in [-0.4, -0.2) is 38.0 Å². The Hall–Kier alpha value is -2.54. The second kappa shape index (κ2) is 10.3. The quantitative estimate of drug-likeness (QED) is 0.408. The average Bonchev–Trinajstić information content (AvgIpc) is 3.36. The fourth-order valence-electron chi connectivity index (χ4n) is 3.22. The molecule has 154 valence electrons. The Morgan fingerprint density at radius 3 is 2.52 bits per heavy atom. The van der Waals surface area contributed by atoms with E-state index in [1.165, 1.54) is 0 Å². The van der Waals surface area contributed by atoms with E-state index in [-0.39, 0.29) is 5.91 Å². The summed E-state index contributed by atoms with van der Waals surface area (Å²) in [5.41, 5.74) is 2.11. The van der Waals surface area contributed by atoms with Gasteiger partial charge in [-0.15, -0.1) is 10.2 Å².